The highest BCUT2D eigenvalue weighted by molar-refractivity contribution is 7.99. The number of carbonyl (C=O) groups excluding carboxylic acids is 2. The van der Waals surface area contributed by atoms with Crippen molar-refractivity contribution in [2.24, 2.45) is 0 Å². The minimum atomic E-state index is -0.316. The maximum absolute atomic E-state index is 12.2. The Labute approximate surface area is 172 Å². The monoisotopic (exact) mass is 408 g/mol. The summed E-state index contributed by atoms with van der Waals surface area (Å²) >= 11 is 1.09. The third kappa shape index (κ3) is 5.86. The molecular weight excluding hydrogens is 388 g/mol. The molecule has 0 atom stereocenters. The maximum Gasteiger partial charge on any atom is 0.273 e. The van der Waals surface area contributed by atoms with Gasteiger partial charge >= 0.3 is 0 Å². The molecule has 0 fully saturated rings. The van der Waals surface area contributed by atoms with E-state index in [-0.39, 0.29) is 28.2 Å². The van der Waals surface area contributed by atoms with Gasteiger partial charge in [0.25, 0.3) is 5.56 Å². The normalized spacial score (nSPS) is 10.6. The van der Waals surface area contributed by atoms with Crippen molar-refractivity contribution in [3.8, 4) is 0 Å². The molecule has 0 unspecified atom stereocenters. The Morgan fingerprint density at radius 1 is 1.03 bits per heavy atom. The molecule has 2 N–H and O–H groups in total. The maximum atomic E-state index is 12.2. The van der Waals surface area contributed by atoms with Crippen LogP contribution in [0.1, 0.15) is 34.1 Å². The van der Waals surface area contributed by atoms with Gasteiger partial charge in [0.2, 0.25) is 5.91 Å². The summed E-state index contributed by atoms with van der Waals surface area (Å²) in [5.41, 5.74) is 3.31. The zero-order valence-corrected chi connectivity index (χ0v) is 16.9. The van der Waals surface area contributed by atoms with E-state index >= 15 is 0 Å². The van der Waals surface area contributed by atoms with Gasteiger partial charge in [0.15, 0.2) is 10.9 Å². The predicted molar refractivity (Wildman–Crippen MR) is 112 cm³/mol. The average Bonchev–Trinajstić information content (AvgIpc) is 2.70. The molecule has 8 heteroatoms. The summed E-state index contributed by atoms with van der Waals surface area (Å²) in [7, 11) is 0. The van der Waals surface area contributed by atoms with E-state index in [0.717, 1.165) is 22.9 Å². The lowest BCUT2D eigenvalue weighted by atomic mass is 10.1. The first-order chi connectivity index (χ1) is 13.9. The standard InChI is InChI=1S/C21H20N4O3S/c1-13-3-5-15(6-4-13)11-18-20(28)23-21(25-24-18)29-12-19(27)22-17-9-7-16(8-10-17)14(2)26/h3-10H,11-12H2,1-2H3,(H,22,27)(H,23,25,28). The van der Waals surface area contributed by atoms with Crippen LogP contribution in [0.2, 0.25) is 0 Å². The molecule has 0 radical (unpaired) electrons. The second-order valence-electron chi connectivity index (χ2n) is 6.54. The lowest BCUT2D eigenvalue weighted by molar-refractivity contribution is -0.113. The number of amides is 1. The number of rotatable bonds is 7. The summed E-state index contributed by atoms with van der Waals surface area (Å²) in [6, 6.07) is 14.5. The number of anilines is 1. The first kappa shape index (κ1) is 20.5. The summed E-state index contributed by atoms with van der Waals surface area (Å²) < 4.78 is 0. The molecule has 0 saturated heterocycles. The minimum absolute atomic E-state index is 0.0354. The van der Waals surface area contributed by atoms with Crippen LogP contribution in [0.5, 0.6) is 0 Å². The molecule has 0 spiro atoms. The number of H-pyrrole nitrogens is 1. The van der Waals surface area contributed by atoms with Crippen LogP contribution in [0.25, 0.3) is 0 Å². The van der Waals surface area contributed by atoms with E-state index < -0.39 is 0 Å². The fourth-order valence-corrected chi connectivity index (χ4v) is 3.15. The number of nitrogens with zero attached hydrogens (tertiary/aromatic N) is 2. The molecule has 0 bridgehead atoms. The second-order valence-corrected chi connectivity index (χ2v) is 7.50. The van der Waals surface area contributed by atoms with Gasteiger partial charge in [-0.2, -0.15) is 0 Å². The van der Waals surface area contributed by atoms with Crippen LogP contribution >= 0.6 is 11.8 Å². The summed E-state index contributed by atoms with van der Waals surface area (Å²) in [5.74, 6) is -0.222. The molecule has 2 aromatic carbocycles. The summed E-state index contributed by atoms with van der Waals surface area (Å²) in [6.07, 6.45) is 0.393. The Bertz CT molecular complexity index is 1080. The van der Waals surface area contributed by atoms with E-state index in [1.807, 2.05) is 31.2 Å². The van der Waals surface area contributed by atoms with Crippen LogP contribution in [0.4, 0.5) is 5.69 Å². The number of ketones is 1. The van der Waals surface area contributed by atoms with E-state index in [9.17, 15) is 14.4 Å². The molecule has 0 aliphatic carbocycles. The number of aromatic amines is 1. The van der Waals surface area contributed by atoms with Crippen molar-refractivity contribution in [3.63, 3.8) is 0 Å². The molecule has 1 amide bonds. The Kier molecular flexibility index (Phi) is 6.56. The van der Waals surface area contributed by atoms with Gasteiger partial charge in [0.05, 0.1) is 5.75 Å². The fraction of sp³-hybridized carbons (Fsp3) is 0.190. The smallest absolute Gasteiger partial charge is 0.273 e. The van der Waals surface area contributed by atoms with E-state index in [0.29, 0.717) is 23.4 Å². The first-order valence-corrected chi connectivity index (χ1v) is 9.94. The molecule has 0 aliphatic heterocycles. The van der Waals surface area contributed by atoms with Gasteiger partial charge in [-0.05, 0) is 43.7 Å². The van der Waals surface area contributed by atoms with Crippen molar-refractivity contribution in [2.75, 3.05) is 11.1 Å². The third-order valence-corrected chi connectivity index (χ3v) is 5.02. The topological polar surface area (TPSA) is 105 Å². The Hall–Kier alpha value is -3.26. The van der Waals surface area contributed by atoms with Crippen molar-refractivity contribution in [2.45, 2.75) is 25.4 Å². The summed E-state index contributed by atoms with van der Waals surface area (Å²) in [6.45, 7) is 3.48. The lowest BCUT2D eigenvalue weighted by Crippen LogP contribution is -2.19. The number of carbonyl (C=O) groups is 2. The van der Waals surface area contributed by atoms with Gasteiger partial charge in [-0.25, -0.2) is 0 Å². The van der Waals surface area contributed by atoms with Gasteiger partial charge in [0.1, 0.15) is 5.69 Å². The number of Topliss-reactive ketones (excluding diaryl/α,β-unsaturated/α-hetero) is 1. The molecular formula is C21H20N4O3S. The Morgan fingerprint density at radius 2 is 1.72 bits per heavy atom. The molecule has 0 saturated carbocycles. The number of aryl methyl sites for hydroxylation is 1. The SMILES string of the molecule is CC(=O)c1ccc(NC(=O)CSc2nnc(Cc3ccc(C)cc3)c(=O)[nH]2)cc1. The highest BCUT2D eigenvalue weighted by Gasteiger charge is 2.09. The minimum Gasteiger partial charge on any atom is -0.325 e. The van der Waals surface area contributed by atoms with Gasteiger partial charge in [0, 0.05) is 17.7 Å². The predicted octanol–water partition coefficient (Wildman–Crippen LogP) is 3.00. The largest absolute Gasteiger partial charge is 0.325 e. The molecule has 148 valence electrons. The number of thioether (sulfide) groups is 1. The number of nitrogens with one attached hydrogen (secondary N) is 2. The van der Waals surface area contributed by atoms with Crippen LogP contribution in [-0.4, -0.2) is 32.6 Å². The summed E-state index contributed by atoms with van der Waals surface area (Å²) in [4.78, 5) is 38.3. The molecule has 1 heterocycles. The van der Waals surface area contributed by atoms with Crippen LogP contribution in [0.3, 0.4) is 0 Å². The molecule has 1 aromatic heterocycles. The zero-order valence-electron chi connectivity index (χ0n) is 16.1. The van der Waals surface area contributed by atoms with Crippen LogP contribution in [0, 0.1) is 6.92 Å². The van der Waals surface area contributed by atoms with E-state index in [1.54, 1.807) is 24.3 Å². The highest BCUT2D eigenvalue weighted by atomic mass is 32.2. The molecule has 7 nitrogen and oxygen atoms in total. The second kappa shape index (κ2) is 9.29. The van der Waals surface area contributed by atoms with Gasteiger partial charge in [-0.15, -0.1) is 10.2 Å². The van der Waals surface area contributed by atoms with Crippen LogP contribution < -0.4 is 10.9 Å². The number of hydrogen-bond donors (Lipinski definition) is 2. The molecule has 0 aliphatic rings. The van der Waals surface area contributed by atoms with E-state index in [1.165, 1.54) is 6.92 Å². The van der Waals surface area contributed by atoms with E-state index in [2.05, 4.69) is 20.5 Å². The lowest BCUT2D eigenvalue weighted by Gasteiger charge is -2.06. The Morgan fingerprint density at radius 3 is 2.34 bits per heavy atom. The third-order valence-electron chi connectivity index (χ3n) is 4.15. The molecule has 3 rings (SSSR count). The van der Waals surface area contributed by atoms with Crippen molar-refractivity contribution in [1.29, 1.82) is 0 Å². The number of aromatic nitrogens is 3. The fourth-order valence-electron chi connectivity index (χ4n) is 2.54. The van der Waals surface area contributed by atoms with Gasteiger partial charge in [-0.3, -0.25) is 19.4 Å². The average molecular weight is 408 g/mol. The van der Waals surface area contributed by atoms with Crippen LogP contribution in [-0.2, 0) is 11.2 Å². The van der Waals surface area contributed by atoms with Gasteiger partial charge in [-0.1, -0.05) is 41.6 Å². The van der Waals surface area contributed by atoms with Gasteiger partial charge < -0.3 is 5.32 Å². The van der Waals surface area contributed by atoms with Crippen molar-refractivity contribution >= 4 is 29.1 Å². The molecule has 29 heavy (non-hydrogen) atoms. The number of benzene rings is 2. The van der Waals surface area contributed by atoms with Crippen molar-refractivity contribution in [3.05, 3.63) is 81.3 Å². The zero-order chi connectivity index (χ0) is 20.8. The number of hydrogen-bond acceptors (Lipinski definition) is 6. The first-order valence-electron chi connectivity index (χ1n) is 8.96. The summed E-state index contributed by atoms with van der Waals surface area (Å²) in [5, 5.41) is 11.0. The Balaban J connectivity index is 1.55. The van der Waals surface area contributed by atoms with Crippen molar-refractivity contribution in [1.82, 2.24) is 15.2 Å². The van der Waals surface area contributed by atoms with Crippen LogP contribution in [0.15, 0.2) is 58.5 Å². The molecule has 3 aromatic rings. The van der Waals surface area contributed by atoms with Crippen molar-refractivity contribution < 1.29 is 9.59 Å². The van der Waals surface area contributed by atoms with E-state index in [4.69, 9.17) is 0 Å². The quantitative estimate of drug-likeness (QED) is 0.460. The highest BCUT2D eigenvalue weighted by Crippen LogP contribution is 2.14.